The van der Waals surface area contributed by atoms with Gasteiger partial charge in [0.25, 0.3) is 0 Å². The Bertz CT molecular complexity index is 508. The van der Waals surface area contributed by atoms with Crippen LogP contribution in [-0.2, 0) is 6.42 Å². The Labute approximate surface area is 108 Å². The largest absolute Gasteiger partial charge is 0.317 e. The van der Waals surface area contributed by atoms with Crippen molar-refractivity contribution >= 4 is 11.3 Å². The number of hydrogen-bond donors (Lipinski definition) is 1. The smallest absolute Gasteiger partial charge is 0.153 e. The number of nitrogens with one attached hydrogen (secondary N) is 1. The maximum Gasteiger partial charge on any atom is 0.153 e. The topological polar surface area (TPSA) is 37.8 Å². The number of rotatable bonds is 5. The molecule has 0 bridgehead atoms. The molecule has 0 saturated heterocycles. The lowest BCUT2D eigenvalue weighted by atomic mass is 10.2. The van der Waals surface area contributed by atoms with E-state index in [1.165, 1.54) is 29.5 Å². The van der Waals surface area contributed by atoms with Crippen molar-refractivity contribution in [2.24, 2.45) is 0 Å². The Balaban J connectivity index is 2.19. The van der Waals surface area contributed by atoms with Crippen molar-refractivity contribution < 1.29 is 8.78 Å². The van der Waals surface area contributed by atoms with Crippen LogP contribution in [0.15, 0.2) is 18.2 Å². The fourth-order valence-corrected chi connectivity index (χ4v) is 2.42. The second-order valence-corrected chi connectivity index (χ2v) is 4.76. The maximum absolute atomic E-state index is 13.5. The van der Waals surface area contributed by atoms with Gasteiger partial charge in [0, 0.05) is 13.0 Å². The maximum atomic E-state index is 13.5. The zero-order valence-corrected chi connectivity index (χ0v) is 10.7. The first-order chi connectivity index (χ1) is 8.72. The van der Waals surface area contributed by atoms with Crippen LogP contribution in [0.4, 0.5) is 8.78 Å². The van der Waals surface area contributed by atoms with Crippen molar-refractivity contribution in [3.63, 3.8) is 0 Å². The van der Waals surface area contributed by atoms with Crippen LogP contribution < -0.4 is 5.32 Å². The first-order valence-electron chi connectivity index (χ1n) is 5.70. The number of likely N-dealkylation sites (N-methyl/N-ethyl adjacent to an activating group) is 1. The normalized spacial score (nSPS) is 10.8. The molecule has 0 fully saturated rings. The molecule has 1 aromatic heterocycles. The third-order valence-electron chi connectivity index (χ3n) is 2.41. The van der Waals surface area contributed by atoms with Crippen LogP contribution in [0.1, 0.15) is 11.9 Å². The first kappa shape index (κ1) is 13.0. The fourth-order valence-electron chi connectivity index (χ4n) is 1.53. The first-order valence-corrected chi connectivity index (χ1v) is 6.51. The van der Waals surface area contributed by atoms with Crippen molar-refractivity contribution in [3.8, 4) is 10.6 Å². The van der Waals surface area contributed by atoms with Crippen LogP contribution >= 0.6 is 11.3 Å². The predicted molar refractivity (Wildman–Crippen MR) is 67.5 cm³/mol. The molecule has 2 aromatic rings. The van der Waals surface area contributed by atoms with E-state index in [0.29, 0.717) is 6.42 Å². The van der Waals surface area contributed by atoms with Crippen LogP contribution in [0.5, 0.6) is 0 Å². The summed E-state index contributed by atoms with van der Waals surface area (Å²) in [6, 6.07) is 3.78. The molecule has 1 N–H and O–H groups in total. The van der Waals surface area contributed by atoms with Gasteiger partial charge in [0.05, 0.1) is 5.56 Å². The SMILES string of the molecule is CCNCCc1nnc(-c2c(F)cccc2F)s1. The zero-order chi connectivity index (χ0) is 13.0. The molecule has 18 heavy (non-hydrogen) atoms. The molecule has 0 aliphatic carbocycles. The molecule has 0 unspecified atom stereocenters. The highest BCUT2D eigenvalue weighted by molar-refractivity contribution is 7.14. The zero-order valence-electron chi connectivity index (χ0n) is 9.91. The van der Waals surface area contributed by atoms with E-state index >= 15 is 0 Å². The van der Waals surface area contributed by atoms with Gasteiger partial charge in [-0.15, -0.1) is 10.2 Å². The molecule has 3 nitrogen and oxygen atoms in total. The second kappa shape index (κ2) is 5.97. The highest BCUT2D eigenvalue weighted by atomic mass is 32.1. The van der Waals surface area contributed by atoms with E-state index in [1.807, 2.05) is 6.92 Å². The van der Waals surface area contributed by atoms with Gasteiger partial charge >= 0.3 is 0 Å². The van der Waals surface area contributed by atoms with E-state index in [1.54, 1.807) is 0 Å². The highest BCUT2D eigenvalue weighted by Crippen LogP contribution is 2.28. The lowest BCUT2D eigenvalue weighted by Gasteiger charge is -1.99. The number of halogens is 2. The molecular formula is C12H13F2N3S. The average Bonchev–Trinajstić information content (AvgIpc) is 2.78. The number of aromatic nitrogens is 2. The van der Waals surface area contributed by atoms with E-state index in [0.717, 1.165) is 18.1 Å². The minimum atomic E-state index is -0.607. The van der Waals surface area contributed by atoms with Gasteiger partial charge in [-0.05, 0) is 18.7 Å². The van der Waals surface area contributed by atoms with Crippen LogP contribution in [-0.4, -0.2) is 23.3 Å². The highest BCUT2D eigenvalue weighted by Gasteiger charge is 2.15. The van der Waals surface area contributed by atoms with Crippen LogP contribution in [0.25, 0.3) is 10.6 Å². The van der Waals surface area contributed by atoms with E-state index < -0.39 is 11.6 Å². The fraction of sp³-hybridized carbons (Fsp3) is 0.333. The number of benzene rings is 1. The van der Waals surface area contributed by atoms with E-state index in [2.05, 4.69) is 15.5 Å². The van der Waals surface area contributed by atoms with Gasteiger partial charge in [0.1, 0.15) is 16.6 Å². The summed E-state index contributed by atoms with van der Waals surface area (Å²) in [4.78, 5) is 0. The summed E-state index contributed by atoms with van der Waals surface area (Å²) >= 11 is 1.22. The van der Waals surface area contributed by atoms with Gasteiger partial charge in [-0.25, -0.2) is 8.78 Å². The summed E-state index contributed by atoms with van der Waals surface area (Å²) < 4.78 is 27.1. The van der Waals surface area contributed by atoms with Gasteiger partial charge in [-0.1, -0.05) is 24.3 Å². The molecule has 0 amide bonds. The van der Waals surface area contributed by atoms with Crippen molar-refractivity contribution in [1.82, 2.24) is 15.5 Å². The molecule has 0 saturated carbocycles. The summed E-state index contributed by atoms with van der Waals surface area (Å²) in [6.45, 7) is 3.68. The average molecular weight is 269 g/mol. The minimum absolute atomic E-state index is 0.0929. The minimum Gasteiger partial charge on any atom is -0.317 e. The van der Waals surface area contributed by atoms with Crippen LogP contribution in [0, 0.1) is 11.6 Å². The summed E-state index contributed by atoms with van der Waals surface area (Å²) in [5, 5.41) is 12.0. The Kier molecular flexibility index (Phi) is 4.33. The summed E-state index contributed by atoms with van der Waals surface area (Å²) in [7, 11) is 0. The van der Waals surface area contributed by atoms with Crippen molar-refractivity contribution in [2.75, 3.05) is 13.1 Å². The third-order valence-corrected chi connectivity index (χ3v) is 3.41. The molecule has 1 aromatic carbocycles. The second-order valence-electron chi connectivity index (χ2n) is 3.70. The van der Waals surface area contributed by atoms with Gasteiger partial charge in [-0.2, -0.15) is 0 Å². The lowest BCUT2D eigenvalue weighted by molar-refractivity contribution is 0.589. The molecule has 0 spiro atoms. The molecular weight excluding hydrogens is 256 g/mol. The Morgan fingerprint density at radius 3 is 2.61 bits per heavy atom. The molecule has 96 valence electrons. The summed E-state index contributed by atoms with van der Waals surface area (Å²) in [5.41, 5.74) is -0.0929. The lowest BCUT2D eigenvalue weighted by Crippen LogP contribution is -2.15. The van der Waals surface area contributed by atoms with E-state index in [9.17, 15) is 8.78 Å². The van der Waals surface area contributed by atoms with Crippen LogP contribution in [0.2, 0.25) is 0 Å². The molecule has 0 aliphatic heterocycles. The number of nitrogens with zero attached hydrogens (tertiary/aromatic N) is 2. The summed E-state index contributed by atoms with van der Waals surface area (Å²) in [5.74, 6) is -1.21. The van der Waals surface area contributed by atoms with Gasteiger partial charge in [0.15, 0.2) is 5.01 Å². The summed E-state index contributed by atoms with van der Waals surface area (Å²) in [6.07, 6.45) is 0.710. The van der Waals surface area contributed by atoms with Crippen molar-refractivity contribution in [2.45, 2.75) is 13.3 Å². The molecule has 1 heterocycles. The van der Waals surface area contributed by atoms with E-state index in [-0.39, 0.29) is 10.6 Å². The molecule has 0 aliphatic rings. The molecule has 6 heteroatoms. The van der Waals surface area contributed by atoms with Gasteiger partial charge in [0.2, 0.25) is 0 Å². The van der Waals surface area contributed by atoms with Crippen molar-refractivity contribution in [3.05, 3.63) is 34.8 Å². The standard InChI is InChI=1S/C12H13F2N3S/c1-2-15-7-6-10-16-17-12(18-10)11-8(13)4-3-5-9(11)14/h3-5,15H,2,6-7H2,1H3. The van der Waals surface area contributed by atoms with Crippen LogP contribution in [0.3, 0.4) is 0 Å². The van der Waals surface area contributed by atoms with Crippen molar-refractivity contribution in [1.29, 1.82) is 0 Å². The predicted octanol–water partition coefficient (Wildman–Crippen LogP) is 2.64. The van der Waals surface area contributed by atoms with Gasteiger partial charge < -0.3 is 5.32 Å². The quantitative estimate of drug-likeness (QED) is 0.848. The molecule has 2 rings (SSSR count). The molecule has 0 atom stereocenters. The Hall–Kier alpha value is -1.40. The Morgan fingerprint density at radius 2 is 1.94 bits per heavy atom. The molecule has 0 radical (unpaired) electrons. The Morgan fingerprint density at radius 1 is 1.22 bits per heavy atom. The van der Waals surface area contributed by atoms with E-state index in [4.69, 9.17) is 0 Å². The third kappa shape index (κ3) is 2.88. The number of hydrogen-bond acceptors (Lipinski definition) is 4. The van der Waals surface area contributed by atoms with Gasteiger partial charge in [-0.3, -0.25) is 0 Å². The monoisotopic (exact) mass is 269 g/mol.